The second kappa shape index (κ2) is 5.22. The fourth-order valence-electron chi connectivity index (χ4n) is 1.45. The zero-order chi connectivity index (χ0) is 13.0. The van der Waals surface area contributed by atoms with Crippen LogP contribution in [0.1, 0.15) is 0 Å². The summed E-state index contributed by atoms with van der Waals surface area (Å²) in [7, 11) is 2.87. The van der Waals surface area contributed by atoms with Gasteiger partial charge in [-0.05, 0) is 17.7 Å². The van der Waals surface area contributed by atoms with Crippen molar-refractivity contribution in [2.45, 2.75) is 0 Å². The van der Waals surface area contributed by atoms with Gasteiger partial charge in [-0.25, -0.2) is 4.79 Å². The van der Waals surface area contributed by atoms with E-state index in [0.29, 0.717) is 5.56 Å². The fourth-order valence-corrected chi connectivity index (χ4v) is 1.45. The van der Waals surface area contributed by atoms with Crippen LogP contribution < -0.4 is 10.1 Å². The number of anilines is 1. The van der Waals surface area contributed by atoms with Crippen molar-refractivity contribution in [3.63, 3.8) is 0 Å². The van der Waals surface area contributed by atoms with E-state index in [2.05, 4.69) is 15.2 Å². The molecule has 0 aliphatic rings. The first-order chi connectivity index (χ1) is 8.74. The van der Waals surface area contributed by atoms with Crippen LogP contribution in [0.25, 0.3) is 11.1 Å². The molecule has 0 aliphatic heterocycles. The number of nitrogens with zero attached hydrogens (tertiary/aromatic N) is 1. The monoisotopic (exact) mass is 248 g/mol. The second-order valence-electron chi connectivity index (χ2n) is 3.41. The Balaban J connectivity index is 2.27. The topological polar surface area (TPSA) is 73.6 Å². The number of nitrogens with one attached hydrogen (secondary N) is 1. The van der Waals surface area contributed by atoms with Crippen molar-refractivity contribution in [1.82, 2.24) is 5.16 Å². The zero-order valence-corrected chi connectivity index (χ0v) is 9.97. The van der Waals surface area contributed by atoms with E-state index in [1.54, 1.807) is 7.11 Å². The maximum atomic E-state index is 11.1. The van der Waals surface area contributed by atoms with Crippen molar-refractivity contribution in [3.8, 4) is 16.9 Å². The van der Waals surface area contributed by atoms with Gasteiger partial charge in [0, 0.05) is 0 Å². The molecule has 0 aliphatic carbocycles. The average Bonchev–Trinajstić information content (AvgIpc) is 2.86. The predicted molar refractivity (Wildman–Crippen MR) is 64.5 cm³/mol. The molecule has 2 rings (SSSR count). The maximum Gasteiger partial charge on any atom is 0.413 e. The van der Waals surface area contributed by atoms with Crippen molar-refractivity contribution in [1.29, 1.82) is 0 Å². The molecule has 0 spiro atoms. The summed E-state index contributed by atoms with van der Waals surface area (Å²) in [5, 5.41) is 6.10. The minimum atomic E-state index is -0.610. The number of amides is 1. The molecule has 6 heteroatoms. The van der Waals surface area contributed by atoms with Gasteiger partial charge in [-0.2, -0.15) is 0 Å². The zero-order valence-electron chi connectivity index (χ0n) is 9.97. The highest BCUT2D eigenvalue weighted by Crippen LogP contribution is 2.29. The van der Waals surface area contributed by atoms with E-state index in [9.17, 15) is 4.79 Å². The maximum absolute atomic E-state index is 11.1. The molecule has 0 radical (unpaired) electrons. The third-order valence-corrected chi connectivity index (χ3v) is 2.37. The highest BCUT2D eigenvalue weighted by molar-refractivity contribution is 5.88. The Morgan fingerprint density at radius 1 is 1.28 bits per heavy atom. The lowest BCUT2D eigenvalue weighted by Crippen LogP contribution is -2.10. The lowest BCUT2D eigenvalue weighted by atomic mass is 10.1. The molecule has 6 nitrogen and oxygen atoms in total. The van der Waals surface area contributed by atoms with Crippen molar-refractivity contribution in [3.05, 3.63) is 30.5 Å². The number of hydrogen-bond donors (Lipinski definition) is 1. The lowest BCUT2D eigenvalue weighted by molar-refractivity contribution is 0.186. The van der Waals surface area contributed by atoms with Gasteiger partial charge in [-0.15, -0.1) is 0 Å². The molecule has 18 heavy (non-hydrogen) atoms. The molecule has 1 heterocycles. The SMILES string of the molecule is COC(=O)Nc1oncc1-c1ccc(OC)cc1. The van der Waals surface area contributed by atoms with Crippen LogP contribution in [0.2, 0.25) is 0 Å². The number of ether oxygens (including phenoxy) is 2. The number of rotatable bonds is 3. The smallest absolute Gasteiger partial charge is 0.413 e. The number of benzene rings is 1. The number of aromatic nitrogens is 1. The summed E-state index contributed by atoms with van der Waals surface area (Å²) in [6.07, 6.45) is 0.911. The van der Waals surface area contributed by atoms with E-state index in [1.807, 2.05) is 24.3 Å². The van der Waals surface area contributed by atoms with Crippen LogP contribution in [-0.2, 0) is 4.74 Å². The first-order valence-electron chi connectivity index (χ1n) is 5.18. The van der Waals surface area contributed by atoms with E-state index in [-0.39, 0.29) is 5.88 Å². The summed E-state index contributed by atoms with van der Waals surface area (Å²) in [4.78, 5) is 11.1. The van der Waals surface area contributed by atoms with E-state index in [1.165, 1.54) is 13.3 Å². The average molecular weight is 248 g/mol. The van der Waals surface area contributed by atoms with Crippen molar-refractivity contribution < 1.29 is 18.8 Å². The summed E-state index contributed by atoms with van der Waals surface area (Å²) in [6.45, 7) is 0. The van der Waals surface area contributed by atoms with Crippen LogP contribution in [0.15, 0.2) is 35.0 Å². The first kappa shape index (κ1) is 12.0. The molecule has 0 bridgehead atoms. The Labute approximate surface area is 103 Å². The van der Waals surface area contributed by atoms with Crippen LogP contribution in [0.4, 0.5) is 10.7 Å². The number of hydrogen-bond acceptors (Lipinski definition) is 5. The summed E-state index contributed by atoms with van der Waals surface area (Å²) >= 11 is 0. The lowest BCUT2D eigenvalue weighted by Gasteiger charge is -2.04. The molecule has 1 amide bonds. The molecule has 0 saturated carbocycles. The summed E-state index contributed by atoms with van der Waals surface area (Å²) < 4.78 is 14.5. The molecule has 0 unspecified atom stereocenters. The van der Waals surface area contributed by atoms with Gasteiger partial charge in [0.05, 0.1) is 26.0 Å². The standard InChI is InChI=1S/C12H12N2O4/c1-16-9-5-3-8(4-6-9)10-7-13-18-11(10)14-12(15)17-2/h3-7H,1-2H3,(H,14,15). The summed E-state index contributed by atoms with van der Waals surface area (Å²) in [6, 6.07) is 7.30. The Bertz CT molecular complexity index is 533. The molecule has 1 aromatic heterocycles. The summed E-state index contributed by atoms with van der Waals surface area (Å²) in [5.41, 5.74) is 1.52. The van der Waals surface area contributed by atoms with Crippen molar-refractivity contribution in [2.75, 3.05) is 19.5 Å². The molecule has 1 N–H and O–H groups in total. The van der Waals surface area contributed by atoms with Gasteiger partial charge in [-0.3, -0.25) is 5.32 Å². The van der Waals surface area contributed by atoms with Crippen LogP contribution in [0.5, 0.6) is 5.75 Å². The Kier molecular flexibility index (Phi) is 3.47. The van der Waals surface area contributed by atoms with Gasteiger partial charge in [-0.1, -0.05) is 17.3 Å². The molecular weight excluding hydrogens is 236 g/mol. The van der Waals surface area contributed by atoms with Crippen molar-refractivity contribution >= 4 is 12.0 Å². The van der Waals surface area contributed by atoms with Gasteiger partial charge in [0.2, 0.25) is 5.88 Å². The van der Waals surface area contributed by atoms with Crippen LogP contribution in [0, 0.1) is 0 Å². The third kappa shape index (κ3) is 2.42. The number of carbonyl (C=O) groups is 1. The van der Waals surface area contributed by atoms with E-state index >= 15 is 0 Å². The summed E-state index contributed by atoms with van der Waals surface area (Å²) in [5.74, 6) is 0.990. The molecular formula is C12H12N2O4. The first-order valence-corrected chi connectivity index (χ1v) is 5.18. The molecule has 0 atom stereocenters. The van der Waals surface area contributed by atoms with E-state index in [4.69, 9.17) is 9.26 Å². The van der Waals surface area contributed by atoms with Gasteiger partial charge >= 0.3 is 6.09 Å². The van der Waals surface area contributed by atoms with E-state index in [0.717, 1.165) is 11.3 Å². The molecule has 0 fully saturated rings. The molecule has 2 aromatic rings. The minimum Gasteiger partial charge on any atom is -0.497 e. The van der Waals surface area contributed by atoms with Gasteiger partial charge in [0.15, 0.2) is 0 Å². The fraction of sp³-hybridized carbons (Fsp3) is 0.167. The Morgan fingerprint density at radius 2 is 2.00 bits per heavy atom. The third-order valence-electron chi connectivity index (χ3n) is 2.37. The molecule has 1 aromatic carbocycles. The van der Waals surface area contributed by atoms with Gasteiger partial charge < -0.3 is 14.0 Å². The molecule has 94 valence electrons. The van der Waals surface area contributed by atoms with E-state index < -0.39 is 6.09 Å². The highest BCUT2D eigenvalue weighted by Gasteiger charge is 2.13. The normalized spacial score (nSPS) is 9.89. The highest BCUT2D eigenvalue weighted by atomic mass is 16.5. The molecule has 0 saturated heterocycles. The Morgan fingerprint density at radius 3 is 2.61 bits per heavy atom. The Hall–Kier alpha value is -2.50. The van der Waals surface area contributed by atoms with Crippen LogP contribution in [-0.4, -0.2) is 25.5 Å². The largest absolute Gasteiger partial charge is 0.497 e. The predicted octanol–water partition coefficient (Wildman–Crippen LogP) is 2.53. The van der Waals surface area contributed by atoms with Crippen LogP contribution >= 0.6 is 0 Å². The minimum absolute atomic E-state index is 0.243. The van der Waals surface area contributed by atoms with Gasteiger partial charge in [0.25, 0.3) is 0 Å². The number of methoxy groups -OCH3 is 2. The van der Waals surface area contributed by atoms with Gasteiger partial charge in [0.1, 0.15) is 5.75 Å². The van der Waals surface area contributed by atoms with Crippen molar-refractivity contribution in [2.24, 2.45) is 0 Å². The van der Waals surface area contributed by atoms with Crippen LogP contribution in [0.3, 0.4) is 0 Å². The second-order valence-corrected chi connectivity index (χ2v) is 3.41. The quantitative estimate of drug-likeness (QED) is 0.903. The number of carbonyl (C=O) groups excluding carboxylic acids is 1.